The van der Waals surface area contributed by atoms with Crippen molar-refractivity contribution in [1.29, 1.82) is 0 Å². The number of aromatic nitrogens is 2. The summed E-state index contributed by atoms with van der Waals surface area (Å²) < 4.78 is 25.3. The van der Waals surface area contributed by atoms with Crippen LogP contribution in [-0.2, 0) is 10.0 Å². The number of piperazine rings is 1. The topological polar surface area (TPSA) is 78.4 Å². The summed E-state index contributed by atoms with van der Waals surface area (Å²) in [5.74, 6) is 1.38. The summed E-state index contributed by atoms with van der Waals surface area (Å²) in [7, 11) is -3.11. The van der Waals surface area contributed by atoms with Gasteiger partial charge in [-0.2, -0.15) is 9.29 Å². The predicted octanol–water partition coefficient (Wildman–Crippen LogP) is 0.752. The Morgan fingerprint density at radius 2 is 2.00 bits per heavy atom. The Morgan fingerprint density at radius 1 is 1.35 bits per heavy atom. The molecule has 1 aromatic rings. The Balaban J connectivity index is 2.12. The third-order valence-electron chi connectivity index (χ3n) is 3.07. The highest BCUT2D eigenvalue weighted by Gasteiger charge is 2.25. The van der Waals surface area contributed by atoms with Gasteiger partial charge in [0.25, 0.3) is 0 Å². The molecule has 0 radical (unpaired) electrons. The average molecular weight is 364 g/mol. The number of anilines is 2. The standard InChI is InChI=1S/C11H18BrN5O2S/c1-3-13-11-14-8-9(12)10(15-11)16-4-6-17(7-5-16)20(2,18)19/h8H,3-7H2,1-2H3,(H,13,14,15). The van der Waals surface area contributed by atoms with Crippen molar-refractivity contribution in [2.24, 2.45) is 0 Å². The number of rotatable bonds is 4. The number of nitrogens with zero attached hydrogens (tertiary/aromatic N) is 4. The summed E-state index contributed by atoms with van der Waals surface area (Å²) in [5.41, 5.74) is 0. The van der Waals surface area contributed by atoms with Crippen molar-refractivity contribution in [2.45, 2.75) is 6.92 Å². The Labute approximate surface area is 127 Å². The molecule has 1 saturated heterocycles. The second-order valence-electron chi connectivity index (χ2n) is 4.54. The molecule has 2 heterocycles. The maximum absolute atomic E-state index is 11.5. The Bertz CT molecular complexity index is 572. The van der Waals surface area contributed by atoms with Gasteiger partial charge < -0.3 is 10.2 Å². The maximum atomic E-state index is 11.5. The Kier molecular flexibility index (Phi) is 4.82. The highest BCUT2D eigenvalue weighted by molar-refractivity contribution is 9.10. The van der Waals surface area contributed by atoms with Crippen molar-refractivity contribution < 1.29 is 8.42 Å². The minimum Gasteiger partial charge on any atom is -0.354 e. The molecular formula is C11H18BrN5O2S. The molecule has 2 rings (SSSR count). The van der Waals surface area contributed by atoms with Gasteiger partial charge in [-0.25, -0.2) is 13.4 Å². The molecule has 0 aliphatic carbocycles. The van der Waals surface area contributed by atoms with Gasteiger partial charge in [0, 0.05) is 38.9 Å². The zero-order chi connectivity index (χ0) is 14.8. The van der Waals surface area contributed by atoms with Crippen LogP contribution in [0.5, 0.6) is 0 Å². The molecule has 1 fully saturated rings. The first-order chi connectivity index (χ1) is 9.41. The van der Waals surface area contributed by atoms with Crippen molar-refractivity contribution >= 4 is 37.7 Å². The minimum atomic E-state index is -3.11. The van der Waals surface area contributed by atoms with Crippen molar-refractivity contribution in [2.75, 3.05) is 49.2 Å². The number of hydrogen-bond donors (Lipinski definition) is 1. The molecule has 1 aliphatic rings. The Hall–Kier alpha value is -0.930. The largest absolute Gasteiger partial charge is 0.354 e. The molecule has 0 saturated carbocycles. The molecule has 1 N–H and O–H groups in total. The van der Waals surface area contributed by atoms with Gasteiger partial charge in [-0.15, -0.1) is 0 Å². The van der Waals surface area contributed by atoms with Gasteiger partial charge in [0.2, 0.25) is 16.0 Å². The van der Waals surface area contributed by atoms with Crippen LogP contribution in [0.25, 0.3) is 0 Å². The Morgan fingerprint density at radius 3 is 2.55 bits per heavy atom. The van der Waals surface area contributed by atoms with Crippen LogP contribution in [0, 0.1) is 0 Å². The molecule has 0 aromatic carbocycles. The molecule has 0 bridgehead atoms. The lowest BCUT2D eigenvalue weighted by Gasteiger charge is -2.34. The van der Waals surface area contributed by atoms with Crippen LogP contribution in [0.4, 0.5) is 11.8 Å². The van der Waals surface area contributed by atoms with E-state index in [9.17, 15) is 8.42 Å². The van der Waals surface area contributed by atoms with E-state index >= 15 is 0 Å². The summed E-state index contributed by atoms with van der Waals surface area (Å²) in [5, 5.41) is 3.07. The summed E-state index contributed by atoms with van der Waals surface area (Å²) in [4.78, 5) is 10.7. The van der Waals surface area contributed by atoms with E-state index in [0.717, 1.165) is 16.8 Å². The first kappa shape index (κ1) is 15.5. The van der Waals surface area contributed by atoms with Crippen LogP contribution in [0.2, 0.25) is 0 Å². The zero-order valence-corrected chi connectivity index (χ0v) is 13.9. The lowest BCUT2D eigenvalue weighted by Crippen LogP contribution is -2.48. The number of halogens is 1. The van der Waals surface area contributed by atoms with Gasteiger partial charge in [0.1, 0.15) is 5.82 Å². The van der Waals surface area contributed by atoms with E-state index in [0.29, 0.717) is 32.1 Å². The summed E-state index contributed by atoms with van der Waals surface area (Å²) in [6, 6.07) is 0. The maximum Gasteiger partial charge on any atom is 0.224 e. The summed E-state index contributed by atoms with van der Waals surface area (Å²) >= 11 is 3.45. The molecule has 0 amide bonds. The van der Waals surface area contributed by atoms with Gasteiger partial charge in [-0.05, 0) is 22.9 Å². The SMILES string of the molecule is CCNc1ncc(Br)c(N2CCN(S(C)(=O)=O)CC2)n1. The highest BCUT2D eigenvalue weighted by atomic mass is 79.9. The number of hydrogen-bond acceptors (Lipinski definition) is 6. The monoisotopic (exact) mass is 363 g/mol. The van der Waals surface area contributed by atoms with Crippen LogP contribution in [0.1, 0.15) is 6.92 Å². The fraction of sp³-hybridized carbons (Fsp3) is 0.636. The first-order valence-electron chi connectivity index (χ1n) is 6.38. The predicted molar refractivity (Wildman–Crippen MR) is 82.5 cm³/mol. The van der Waals surface area contributed by atoms with Crippen LogP contribution < -0.4 is 10.2 Å². The highest BCUT2D eigenvalue weighted by Crippen LogP contribution is 2.25. The first-order valence-corrected chi connectivity index (χ1v) is 9.02. The molecule has 0 unspecified atom stereocenters. The normalized spacial score (nSPS) is 17.2. The van der Waals surface area contributed by atoms with Crippen molar-refractivity contribution in [1.82, 2.24) is 14.3 Å². The second-order valence-corrected chi connectivity index (χ2v) is 7.38. The molecule has 20 heavy (non-hydrogen) atoms. The minimum absolute atomic E-state index is 0.478. The molecule has 9 heteroatoms. The van der Waals surface area contributed by atoms with Gasteiger partial charge in [-0.3, -0.25) is 0 Å². The van der Waals surface area contributed by atoms with Gasteiger partial charge >= 0.3 is 0 Å². The van der Waals surface area contributed by atoms with Crippen molar-refractivity contribution in [3.05, 3.63) is 10.7 Å². The van der Waals surface area contributed by atoms with E-state index in [4.69, 9.17) is 0 Å². The third kappa shape index (κ3) is 3.58. The van der Waals surface area contributed by atoms with Crippen molar-refractivity contribution in [3.63, 3.8) is 0 Å². The number of sulfonamides is 1. The van der Waals surface area contributed by atoms with Crippen LogP contribution in [-0.4, -0.2) is 61.7 Å². The van der Waals surface area contributed by atoms with E-state index in [1.165, 1.54) is 10.6 Å². The van der Waals surface area contributed by atoms with Gasteiger partial charge in [-0.1, -0.05) is 0 Å². The van der Waals surface area contributed by atoms with E-state index in [1.807, 2.05) is 6.92 Å². The molecule has 0 spiro atoms. The van der Waals surface area contributed by atoms with E-state index in [-0.39, 0.29) is 0 Å². The average Bonchev–Trinajstić information content (AvgIpc) is 2.40. The molecule has 1 aromatic heterocycles. The van der Waals surface area contributed by atoms with Crippen molar-refractivity contribution in [3.8, 4) is 0 Å². The number of nitrogens with one attached hydrogen (secondary N) is 1. The quantitative estimate of drug-likeness (QED) is 0.850. The molecule has 1 aliphatic heterocycles. The zero-order valence-electron chi connectivity index (χ0n) is 11.5. The molecule has 7 nitrogen and oxygen atoms in total. The fourth-order valence-corrected chi connectivity index (χ4v) is 3.32. The molecule has 0 atom stereocenters. The van der Waals surface area contributed by atoms with Gasteiger partial charge in [0.15, 0.2) is 0 Å². The van der Waals surface area contributed by atoms with E-state index in [1.54, 1.807) is 6.20 Å². The van der Waals surface area contributed by atoms with E-state index in [2.05, 4.69) is 36.1 Å². The lowest BCUT2D eigenvalue weighted by molar-refractivity contribution is 0.386. The molecular weight excluding hydrogens is 346 g/mol. The second kappa shape index (κ2) is 6.23. The summed E-state index contributed by atoms with van der Waals surface area (Å²) in [6.07, 6.45) is 2.95. The fourth-order valence-electron chi connectivity index (χ4n) is 2.05. The smallest absolute Gasteiger partial charge is 0.224 e. The lowest BCUT2D eigenvalue weighted by atomic mass is 10.3. The van der Waals surface area contributed by atoms with Crippen LogP contribution in [0.3, 0.4) is 0 Å². The third-order valence-corrected chi connectivity index (χ3v) is 4.93. The van der Waals surface area contributed by atoms with Crippen LogP contribution in [0.15, 0.2) is 10.7 Å². The van der Waals surface area contributed by atoms with E-state index < -0.39 is 10.0 Å². The molecule has 112 valence electrons. The summed E-state index contributed by atoms with van der Waals surface area (Å²) in [6.45, 7) is 4.93. The van der Waals surface area contributed by atoms with Crippen LogP contribution >= 0.6 is 15.9 Å². The van der Waals surface area contributed by atoms with Gasteiger partial charge in [0.05, 0.1) is 10.7 Å².